The van der Waals surface area contributed by atoms with Crippen LogP contribution in [0.5, 0.6) is 0 Å². The summed E-state index contributed by atoms with van der Waals surface area (Å²) in [5, 5.41) is 6.56. The van der Waals surface area contributed by atoms with Crippen LogP contribution in [0.1, 0.15) is 61.8 Å². The first-order valence-corrected chi connectivity index (χ1v) is 8.04. The quantitative estimate of drug-likeness (QED) is 0.778. The number of alkyl carbamates (subject to hydrolysis) is 1. The number of carbonyl (C=O) groups excluding carboxylic acids is 1. The van der Waals surface area contributed by atoms with Crippen molar-refractivity contribution in [1.82, 2.24) is 10.6 Å². The summed E-state index contributed by atoms with van der Waals surface area (Å²) >= 11 is 0. The third-order valence-corrected chi connectivity index (χ3v) is 4.68. The van der Waals surface area contributed by atoms with Crippen molar-refractivity contribution in [3.63, 3.8) is 0 Å². The molecule has 21 heavy (non-hydrogen) atoms. The molecule has 1 aliphatic rings. The van der Waals surface area contributed by atoms with Crippen LogP contribution in [0, 0.1) is 16.7 Å². The summed E-state index contributed by atoms with van der Waals surface area (Å²) in [6, 6.07) is 0.0686. The van der Waals surface area contributed by atoms with Gasteiger partial charge in [0, 0.05) is 12.6 Å². The SMILES string of the molecule is CC1CNCC(NC(=O)OC(C)(C)C)C(C)(C)CC1(C)C. The number of carbonyl (C=O) groups is 1. The first-order valence-electron chi connectivity index (χ1n) is 8.04. The molecule has 1 aliphatic heterocycles. The van der Waals surface area contributed by atoms with E-state index in [1.165, 1.54) is 0 Å². The lowest BCUT2D eigenvalue weighted by molar-refractivity contribution is 0.0353. The lowest BCUT2D eigenvalue weighted by Crippen LogP contribution is -2.56. The molecule has 1 saturated heterocycles. The molecule has 2 unspecified atom stereocenters. The van der Waals surface area contributed by atoms with Crippen molar-refractivity contribution in [2.45, 2.75) is 73.5 Å². The summed E-state index contributed by atoms with van der Waals surface area (Å²) in [5.74, 6) is 0.610. The standard InChI is InChI=1S/C17H34N2O2/c1-12-9-18-10-13(17(7,8)11-16(12,5)6)19-14(20)21-15(2,3)4/h12-13,18H,9-11H2,1-8H3,(H,19,20). The molecule has 0 aromatic carbocycles. The van der Waals surface area contributed by atoms with Crippen LogP contribution in [0.3, 0.4) is 0 Å². The largest absolute Gasteiger partial charge is 0.444 e. The zero-order valence-corrected chi connectivity index (χ0v) is 15.1. The molecule has 0 aromatic heterocycles. The van der Waals surface area contributed by atoms with E-state index < -0.39 is 5.60 Å². The maximum Gasteiger partial charge on any atom is 0.407 e. The molecule has 0 saturated carbocycles. The molecule has 2 N–H and O–H groups in total. The van der Waals surface area contributed by atoms with E-state index in [9.17, 15) is 4.79 Å². The van der Waals surface area contributed by atoms with Gasteiger partial charge in [-0.2, -0.15) is 0 Å². The van der Waals surface area contributed by atoms with Crippen LogP contribution >= 0.6 is 0 Å². The molecule has 1 fully saturated rings. The predicted octanol–water partition coefficient (Wildman–Crippen LogP) is 3.56. The maximum absolute atomic E-state index is 12.1. The molecule has 1 heterocycles. The monoisotopic (exact) mass is 298 g/mol. The van der Waals surface area contributed by atoms with E-state index in [-0.39, 0.29) is 23.0 Å². The Bertz CT molecular complexity index is 369. The highest BCUT2D eigenvalue weighted by Crippen LogP contribution is 2.41. The van der Waals surface area contributed by atoms with E-state index in [1.54, 1.807) is 0 Å². The van der Waals surface area contributed by atoms with E-state index >= 15 is 0 Å². The highest BCUT2D eigenvalue weighted by Gasteiger charge is 2.40. The van der Waals surface area contributed by atoms with E-state index in [2.05, 4.69) is 45.3 Å². The zero-order valence-electron chi connectivity index (χ0n) is 15.1. The molecule has 0 aromatic rings. The summed E-state index contributed by atoms with van der Waals surface area (Å²) in [7, 11) is 0. The number of nitrogens with one attached hydrogen (secondary N) is 2. The van der Waals surface area contributed by atoms with Gasteiger partial charge in [-0.05, 0) is 50.5 Å². The Morgan fingerprint density at radius 1 is 1.14 bits per heavy atom. The molecule has 4 heteroatoms. The minimum atomic E-state index is -0.461. The summed E-state index contributed by atoms with van der Waals surface area (Å²) in [6.45, 7) is 18.8. The Morgan fingerprint density at radius 2 is 1.71 bits per heavy atom. The van der Waals surface area contributed by atoms with E-state index in [0.29, 0.717) is 5.92 Å². The van der Waals surface area contributed by atoms with Gasteiger partial charge in [0.15, 0.2) is 0 Å². The Hall–Kier alpha value is -0.770. The van der Waals surface area contributed by atoms with E-state index in [0.717, 1.165) is 19.5 Å². The van der Waals surface area contributed by atoms with Gasteiger partial charge in [0.25, 0.3) is 0 Å². The van der Waals surface area contributed by atoms with Crippen LogP contribution in [-0.2, 0) is 4.74 Å². The minimum Gasteiger partial charge on any atom is -0.444 e. The van der Waals surface area contributed by atoms with Crippen LogP contribution in [0.2, 0.25) is 0 Å². The van der Waals surface area contributed by atoms with Gasteiger partial charge in [-0.15, -0.1) is 0 Å². The lowest BCUT2D eigenvalue weighted by Gasteiger charge is -2.46. The van der Waals surface area contributed by atoms with Crippen molar-refractivity contribution in [2.24, 2.45) is 16.7 Å². The van der Waals surface area contributed by atoms with Crippen molar-refractivity contribution in [3.8, 4) is 0 Å². The van der Waals surface area contributed by atoms with Crippen molar-refractivity contribution in [2.75, 3.05) is 13.1 Å². The smallest absolute Gasteiger partial charge is 0.407 e. The van der Waals surface area contributed by atoms with Gasteiger partial charge in [0.2, 0.25) is 0 Å². The fourth-order valence-electron chi connectivity index (χ4n) is 3.16. The highest BCUT2D eigenvalue weighted by atomic mass is 16.6. The first kappa shape index (κ1) is 18.3. The van der Waals surface area contributed by atoms with Gasteiger partial charge >= 0.3 is 6.09 Å². The highest BCUT2D eigenvalue weighted by molar-refractivity contribution is 5.68. The van der Waals surface area contributed by atoms with Crippen LogP contribution in [0.25, 0.3) is 0 Å². The molecule has 4 nitrogen and oxygen atoms in total. The second-order valence-corrected chi connectivity index (χ2v) is 8.91. The molecule has 0 bridgehead atoms. The second-order valence-electron chi connectivity index (χ2n) is 8.91. The van der Waals surface area contributed by atoms with Crippen molar-refractivity contribution >= 4 is 6.09 Å². The van der Waals surface area contributed by atoms with Crippen LogP contribution < -0.4 is 10.6 Å². The molecular formula is C17H34N2O2. The van der Waals surface area contributed by atoms with Gasteiger partial charge in [0.05, 0.1) is 0 Å². The summed E-state index contributed by atoms with van der Waals surface area (Å²) in [4.78, 5) is 12.1. The van der Waals surface area contributed by atoms with Crippen molar-refractivity contribution in [3.05, 3.63) is 0 Å². The summed E-state index contributed by atoms with van der Waals surface area (Å²) < 4.78 is 5.40. The number of hydrogen-bond acceptors (Lipinski definition) is 3. The van der Waals surface area contributed by atoms with Gasteiger partial charge in [-0.25, -0.2) is 4.79 Å². The van der Waals surface area contributed by atoms with E-state index in [4.69, 9.17) is 4.74 Å². The predicted molar refractivity (Wildman–Crippen MR) is 87.4 cm³/mol. The maximum atomic E-state index is 12.1. The Kier molecular flexibility index (Phi) is 5.36. The Morgan fingerprint density at radius 3 is 2.24 bits per heavy atom. The number of amides is 1. The third kappa shape index (κ3) is 5.50. The Labute approximate surface area is 130 Å². The van der Waals surface area contributed by atoms with Gasteiger partial charge in [-0.3, -0.25) is 0 Å². The van der Waals surface area contributed by atoms with Crippen LogP contribution in [-0.4, -0.2) is 30.8 Å². The number of hydrogen-bond donors (Lipinski definition) is 2. The van der Waals surface area contributed by atoms with Crippen LogP contribution in [0.15, 0.2) is 0 Å². The Balaban J connectivity index is 2.79. The van der Waals surface area contributed by atoms with E-state index in [1.807, 2.05) is 20.8 Å². The lowest BCUT2D eigenvalue weighted by atomic mass is 9.65. The molecule has 0 spiro atoms. The molecule has 0 aliphatic carbocycles. The van der Waals surface area contributed by atoms with Crippen LogP contribution in [0.4, 0.5) is 4.79 Å². The second kappa shape index (κ2) is 6.15. The molecule has 0 radical (unpaired) electrons. The molecule has 1 amide bonds. The van der Waals surface area contributed by atoms with Gasteiger partial charge in [0.1, 0.15) is 5.60 Å². The topological polar surface area (TPSA) is 50.4 Å². The average molecular weight is 298 g/mol. The normalized spacial score (nSPS) is 29.1. The number of rotatable bonds is 1. The zero-order chi connectivity index (χ0) is 16.5. The van der Waals surface area contributed by atoms with Crippen molar-refractivity contribution in [1.29, 1.82) is 0 Å². The van der Waals surface area contributed by atoms with Gasteiger partial charge < -0.3 is 15.4 Å². The van der Waals surface area contributed by atoms with Gasteiger partial charge in [-0.1, -0.05) is 34.6 Å². The first-order chi connectivity index (χ1) is 9.33. The molecule has 124 valence electrons. The number of ether oxygens (including phenoxy) is 1. The molecular weight excluding hydrogens is 264 g/mol. The summed E-state index contributed by atoms with van der Waals surface area (Å²) in [5.41, 5.74) is -0.204. The van der Waals surface area contributed by atoms with Crippen molar-refractivity contribution < 1.29 is 9.53 Å². The average Bonchev–Trinajstić information content (AvgIpc) is 2.22. The third-order valence-electron chi connectivity index (χ3n) is 4.68. The minimum absolute atomic E-state index is 0.0160. The molecule has 1 rings (SSSR count). The fraction of sp³-hybridized carbons (Fsp3) is 0.941. The fourth-order valence-corrected chi connectivity index (χ4v) is 3.16. The molecule has 2 atom stereocenters. The summed E-state index contributed by atoms with van der Waals surface area (Å²) in [6.07, 6.45) is 0.748.